The largest absolute Gasteiger partial charge is 0.384 e. The molecule has 1 aromatic rings. The molecule has 3 rings (SSSR count). The normalized spacial score (nSPS) is 37.9. The zero-order valence-electron chi connectivity index (χ0n) is 10.8. The molecule has 0 saturated carbocycles. The standard InChI is InChI=1S/C12H19N3O3/c1-4-7-9-10(18-12(2,3)17-9)8(16-7)6-5-14-15-11(6)13/h5,7-10H,4H2,1-3H3,(H3,13,14,15)/t7-,8+,9?,10-/m1/s1. The molecule has 0 bridgehead atoms. The van der Waals surface area contributed by atoms with Crippen LogP contribution in [0.2, 0.25) is 0 Å². The Balaban J connectivity index is 1.91. The van der Waals surface area contributed by atoms with Gasteiger partial charge in [0, 0.05) is 5.56 Å². The molecule has 2 aliphatic heterocycles. The van der Waals surface area contributed by atoms with Gasteiger partial charge in [-0.1, -0.05) is 6.92 Å². The molecule has 6 heteroatoms. The summed E-state index contributed by atoms with van der Waals surface area (Å²) < 4.78 is 17.9. The number of hydrogen-bond donors (Lipinski definition) is 2. The lowest BCUT2D eigenvalue weighted by Crippen LogP contribution is -2.28. The fraction of sp³-hybridized carbons (Fsp3) is 0.750. The Morgan fingerprint density at radius 3 is 2.72 bits per heavy atom. The molecule has 2 saturated heterocycles. The number of aromatic amines is 1. The smallest absolute Gasteiger partial charge is 0.164 e. The molecule has 0 radical (unpaired) electrons. The molecule has 3 N–H and O–H groups in total. The van der Waals surface area contributed by atoms with Gasteiger partial charge in [-0.3, -0.25) is 5.10 Å². The number of nitrogen functional groups attached to an aromatic ring is 1. The van der Waals surface area contributed by atoms with Crippen LogP contribution in [-0.2, 0) is 14.2 Å². The third kappa shape index (κ3) is 1.72. The van der Waals surface area contributed by atoms with Crippen molar-refractivity contribution in [3.63, 3.8) is 0 Å². The average Bonchev–Trinajstić information content (AvgIpc) is 2.91. The van der Waals surface area contributed by atoms with Gasteiger partial charge in [0.1, 0.15) is 24.1 Å². The molecule has 4 atom stereocenters. The van der Waals surface area contributed by atoms with Crippen molar-refractivity contribution in [1.29, 1.82) is 0 Å². The average molecular weight is 253 g/mol. The Kier molecular flexibility index (Phi) is 2.62. The van der Waals surface area contributed by atoms with Gasteiger partial charge in [0.25, 0.3) is 0 Å². The SMILES string of the molecule is CC[C@H]1O[C@@H](c2cn[nH]c2N)[C@H]2OC(C)(C)OC12. The molecule has 1 unspecified atom stereocenters. The van der Waals surface area contributed by atoms with Gasteiger partial charge in [-0.25, -0.2) is 0 Å². The lowest BCUT2D eigenvalue weighted by molar-refractivity contribution is -0.187. The highest BCUT2D eigenvalue weighted by Gasteiger charge is 2.55. The van der Waals surface area contributed by atoms with Crippen molar-refractivity contribution in [3.05, 3.63) is 11.8 Å². The van der Waals surface area contributed by atoms with Crippen LogP contribution in [0.5, 0.6) is 0 Å². The first-order valence-electron chi connectivity index (χ1n) is 6.31. The maximum absolute atomic E-state index is 6.01. The number of ether oxygens (including phenoxy) is 3. The lowest BCUT2D eigenvalue weighted by Gasteiger charge is -2.23. The van der Waals surface area contributed by atoms with E-state index in [0.29, 0.717) is 5.82 Å². The number of H-pyrrole nitrogens is 1. The van der Waals surface area contributed by atoms with Gasteiger partial charge in [0.15, 0.2) is 5.79 Å². The van der Waals surface area contributed by atoms with Gasteiger partial charge < -0.3 is 19.9 Å². The summed E-state index contributed by atoms with van der Waals surface area (Å²) in [7, 11) is 0. The van der Waals surface area contributed by atoms with Crippen molar-refractivity contribution in [2.45, 2.75) is 57.4 Å². The zero-order chi connectivity index (χ0) is 12.9. The van der Waals surface area contributed by atoms with Crippen molar-refractivity contribution >= 4 is 5.82 Å². The van der Waals surface area contributed by atoms with E-state index in [0.717, 1.165) is 12.0 Å². The summed E-state index contributed by atoms with van der Waals surface area (Å²) in [6.45, 7) is 5.93. The van der Waals surface area contributed by atoms with E-state index in [1.165, 1.54) is 0 Å². The van der Waals surface area contributed by atoms with E-state index in [1.54, 1.807) is 6.20 Å². The first-order chi connectivity index (χ1) is 8.52. The Bertz CT molecular complexity index is 446. The second kappa shape index (κ2) is 3.94. The molecule has 0 aliphatic carbocycles. The Hall–Kier alpha value is -1.11. The molecule has 0 aromatic carbocycles. The predicted molar refractivity (Wildman–Crippen MR) is 64.7 cm³/mol. The van der Waals surface area contributed by atoms with Gasteiger partial charge in [-0.05, 0) is 20.3 Å². The summed E-state index contributed by atoms with van der Waals surface area (Å²) in [5, 5.41) is 6.67. The second-order valence-corrected chi connectivity index (χ2v) is 5.31. The highest BCUT2D eigenvalue weighted by atomic mass is 16.8. The summed E-state index contributed by atoms with van der Waals surface area (Å²) >= 11 is 0. The summed E-state index contributed by atoms with van der Waals surface area (Å²) in [5.41, 5.74) is 6.71. The van der Waals surface area contributed by atoms with Crippen molar-refractivity contribution < 1.29 is 14.2 Å². The third-order valence-corrected chi connectivity index (χ3v) is 3.56. The summed E-state index contributed by atoms with van der Waals surface area (Å²) in [4.78, 5) is 0. The number of nitrogens with zero attached hydrogens (tertiary/aromatic N) is 1. The Morgan fingerprint density at radius 2 is 2.11 bits per heavy atom. The second-order valence-electron chi connectivity index (χ2n) is 5.31. The van der Waals surface area contributed by atoms with E-state index in [-0.39, 0.29) is 24.4 Å². The van der Waals surface area contributed by atoms with Gasteiger partial charge in [-0.2, -0.15) is 5.10 Å². The van der Waals surface area contributed by atoms with E-state index in [2.05, 4.69) is 17.1 Å². The van der Waals surface area contributed by atoms with E-state index in [1.807, 2.05) is 13.8 Å². The Morgan fingerprint density at radius 1 is 1.39 bits per heavy atom. The quantitative estimate of drug-likeness (QED) is 0.831. The molecular formula is C12H19N3O3. The number of anilines is 1. The number of fused-ring (bicyclic) bond motifs is 1. The van der Waals surface area contributed by atoms with E-state index >= 15 is 0 Å². The molecule has 18 heavy (non-hydrogen) atoms. The van der Waals surface area contributed by atoms with Gasteiger partial charge in [-0.15, -0.1) is 0 Å². The molecule has 100 valence electrons. The van der Waals surface area contributed by atoms with E-state index < -0.39 is 5.79 Å². The summed E-state index contributed by atoms with van der Waals surface area (Å²) in [5.74, 6) is -0.0349. The van der Waals surface area contributed by atoms with Crippen LogP contribution in [0, 0.1) is 0 Å². The van der Waals surface area contributed by atoms with Crippen LogP contribution in [0.15, 0.2) is 6.20 Å². The van der Waals surface area contributed by atoms with Crippen molar-refractivity contribution in [3.8, 4) is 0 Å². The number of nitrogens with one attached hydrogen (secondary N) is 1. The molecule has 2 aliphatic rings. The topological polar surface area (TPSA) is 82.4 Å². The molecular weight excluding hydrogens is 234 g/mol. The molecule has 3 heterocycles. The highest BCUT2D eigenvalue weighted by Crippen LogP contribution is 2.46. The lowest BCUT2D eigenvalue weighted by atomic mass is 10.0. The van der Waals surface area contributed by atoms with Gasteiger partial charge in [0.05, 0.1) is 12.3 Å². The maximum Gasteiger partial charge on any atom is 0.164 e. The fourth-order valence-corrected chi connectivity index (χ4v) is 2.79. The maximum atomic E-state index is 6.01. The van der Waals surface area contributed by atoms with Crippen LogP contribution >= 0.6 is 0 Å². The van der Waals surface area contributed by atoms with Crippen LogP contribution in [0.4, 0.5) is 5.82 Å². The van der Waals surface area contributed by atoms with Crippen LogP contribution in [0.1, 0.15) is 38.9 Å². The highest BCUT2D eigenvalue weighted by molar-refractivity contribution is 5.40. The van der Waals surface area contributed by atoms with E-state index in [4.69, 9.17) is 19.9 Å². The first-order valence-corrected chi connectivity index (χ1v) is 6.31. The number of hydrogen-bond acceptors (Lipinski definition) is 5. The molecule has 6 nitrogen and oxygen atoms in total. The van der Waals surface area contributed by atoms with Crippen LogP contribution < -0.4 is 5.73 Å². The minimum absolute atomic E-state index is 0.0377. The summed E-state index contributed by atoms with van der Waals surface area (Å²) in [6, 6.07) is 0. The van der Waals surface area contributed by atoms with Gasteiger partial charge in [0.2, 0.25) is 0 Å². The number of rotatable bonds is 2. The van der Waals surface area contributed by atoms with Crippen LogP contribution in [-0.4, -0.2) is 34.3 Å². The van der Waals surface area contributed by atoms with Crippen LogP contribution in [0.3, 0.4) is 0 Å². The number of nitrogens with two attached hydrogens (primary N) is 1. The molecule has 0 amide bonds. The van der Waals surface area contributed by atoms with Crippen molar-refractivity contribution in [2.24, 2.45) is 0 Å². The number of aromatic nitrogens is 2. The minimum Gasteiger partial charge on any atom is -0.384 e. The van der Waals surface area contributed by atoms with Crippen molar-refractivity contribution in [1.82, 2.24) is 10.2 Å². The Labute approximate surface area is 106 Å². The molecule has 0 spiro atoms. The minimum atomic E-state index is -0.566. The third-order valence-electron chi connectivity index (χ3n) is 3.56. The van der Waals surface area contributed by atoms with Gasteiger partial charge >= 0.3 is 0 Å². The zero-order valence-corrected chi connectivity index (χ0v) is 10.8. The molecule has 1 aromatic heterocycles. The summed E-state index contributed by atoms with van der Waals surface area (Å²) in [6.07, 6.45) is 2.25. The predicted octanol–water partition coefficient (Wildman–Crippen LogP) is 1.36. The van der Waals surface area contributed by atoms with E-state index in [9.17, 15) is 0 Å². The first kappa shape index (κ1) is 12.0. The molecule has 2 fully saturated rings. The fourth-order valence-electron chi connectivity index (χ4n) is 2.79. The van der Waals surface area contributed by atoms with Crippen molar-refractivity contribution in [2.75, 3.05) is 5.73 Å². The monoisotopic (exact) mass is 253 g/mol. The van der Waals surface area contributed by atoms with Crippen LogP contribution in [0.25, 0.3) is 0 Å².